The predicted octanol–water partition coefficient (Wildman–Crippen LogP) is 7.42. The van der Waals surface area contributed by atoms with Crippen molar-refractivity contribution in [2.75, 3.05) is 12.4 Å². The molecule has 2 bridgehead atoms. The van der Waals surface area contributed by atoms with Crippen LogP contribution in [0.1, 0.15) is 73.0 Å². The summed E-state index contributed by atoms with van der Waals surface area (Å²) in [6.45, 7) is 1.18. The summed E-state index contributed by atoms with van der Waals surface area (Å²) in [5.74, 6) is -1.22. The number of alkyl halides is 3. The van der Waals surface area contributed by atoms with E-state index in [2.05, 4.69) is 11.4 Å². The highest BCUT2D eigenvalue weighted by Crippen LogP contribution is 2.50. The number of carboxylic acids is 1. The molecule has 3 aliphatic carbocycles. The van der Waals surface area contributed by atoms with Gasteiger partial charge in [-0.1, -0.05) is 23.8 Å². The maximum absolute atomic E-state index is 14.3. The summed E-state index contributed by atoms with van der Waals surface area (Å²) < 4.78 is 68.4. The molecule has 9 nitrogen and oxygen atoms in total. The second kappa shape index (κ2) is 16.6. The molecule has 3 aromatic rings. The Morgan fingerprint density at radius 3 is 2.06 bits per heavy atom. The van der Waals surface area contributed by atoms with Crippen LogP contribution in [0, 0.1) is 29.4 Å². The number of hydrogen-bond acceptors (Lipinski definition) is 5. The Morgan fingerprint density at radius 1 is 0.922 bits per heavy atom. The van der Waals surface area contributed by atoms with Crippen molar-refractivity contribution in [3.63, 3.8) is 0 Å². The first-order chi connectivity index (χ1) is 24.1. The minimum absolute atomic E-state index is 0.0595. The van der Waals surface area contributed by atoms with Gasteiger partial charge >= 0.3 is 12.1 Å². The van der Waals surface area contributed by atoms with Crippen molar-refractivity contribution in [3.8, 4) is 16.9 Å². The van der Waals surface area contributed by atoms with Crippen molar-refractivity contribution < 1.29 is 51.0 Å². The molecule has 3 aromatic carbocycles. The Balaban J connectivity index is 0.000000193. The number of amides is 3. The molecule has 51 heavy (non-hydrogen) atoms. The number of primary amides is 1. The number of carbonyl (C=O) groups excluding carboxylic acids is 3. The number of methoxy groups -OCH3 is 1. The monoisotopic (exact) mass is 715 g/mol. The molecule has 0 spiro atoms. The van der Waals surface area contributed by atoms with Gasteiger partial charge in [0.15, 0.2) is 6.04 Å². The third kappa shape index (κ3) is 10.1. The SMILES string of the molecule is C(=C1C2CCC1CC2)C1CC1.COc1ccc(-c2cc(C(NC(C)=O)C(=O)O)ccc2F)cc1C(N)=O.O=CNc1ccc(F)c(C(F)(F)F)c1. The van der Waals surface area contributed by atoms with Gasteiger partial charge in [0, 0.05) is 18.2 Å². The lowest BCUT2D eigenvalue weighted by molar-refractivity contribution is -0.141. The third-order valence-electron chi connectivity index (χ3n) is 8.91. The van der Waals surface area contributed by atoms with E-state index in [1.807, 2.05) is 10.9 Å². The van der Waals surface area contributed by atoms with Crippen LogP contribution in [0.25, 0.3) is 11.1 Å². The minimum atomic E-state index is -4.76. The summed E-state index contributed by atoms with van der Waals surface area (Å²) in [4.78, 5) is 44.1. The Bertz CT molecular complexity index is 1790. The number of allylic oxidation sites excluding steroid dienone is 2. The number of fused-ring (bicyclic) bond motifs is 2. The van der Waals surface area contributed by atoms with Gasteiger partial charge in [-0.15, -0.1) is 0 Å². The summed E-state index contributed by atoms with van der Waals surface area (Å²) in [7, 11) is 1.37. The topological polar surface area (TPSA) is 148 Å². The Kier molecular flexibility index (Phi) is 12.6. The van der Waals surface area contributed by atoms with Crippen LogP contribution in [0.15, 0.2) is 66.2 Å². The standard InChI is InChI=1S/C18H17FN2O5.C11H16.C8H5F4NO/c1-9(22)21-16(18(24)25)11-3-5-14(19)12(8-11)10-4-6-15(26-2)13(7-10)17(20)23;1-2-8(1)7-11-9-3-4-10(11)6-5-9;9-7-2-1-5(13-4-14)3-6(7)8(10,11)12/h3-8,16H,1-2H3,(H2,20,23)(H,21,22)(H,24,25);7-10H,1-6H2;1-4H,(H,13,14). The van der Waals surface area contributed by atoms with Crippen LogP contribution >= 0.6 is 0 Å². The maximum Gasteiger partial charge on any atom is 0.419 e. The second-order valence-electron chi connectivity index (χ2n) is 12.5. The minimum Gasteiger partial charge on any atom is -0.496 e. The first-order valence-corrected chi connectivity index (χ1v) is 16.2. The lowest BCUT2D eigenvalue weighted by Gasteiger charge is -2.16. The van der Waals surface area contributed by atoms with Crippen LogP contribution in [-0.2, 0) is 20.6 Å². The average molecular weight is 716 g/mol. The Labute approximate surface area is 291 Å². The van der Waals surface area contributed by atoms with Gasteiger partial charge in [-0.2, -0.15) is 13.2 Å². The number of halogens is 5. The van der Waals surface area contributed by atoms with Gasteiger partial charge in [-0.25, -0.2) is 13.6 Å². The van der Waals surface area contributed by atoms with Crippen molar-refractivity contribution in [3.05, 3.63) is 94.6 Å². The van der Waals surface area contributed by atoms with E-state index in [0.29, 0.717) is 17.7 Å². The molecule has 0 aliphatic heterocycles. The highest BCUT2D eigenvalue weighted by atomic mass is 19.4. The van der Waals surface area contributed by atoms with Crippen LogP contribution in [0.5, 0.6) is 5.75 Å². The highest BCUT2D eigenvalue weighted by Gasteiger charge is 2.37. The molecule has 3 amide bonds. The van der Waals surface area contributed by atoms with E-state index in [1.165, 1.54) is 82.9 Å². The zero-order valence-corrected chi connectivity index (χ0v) is 27.9. The van der Waals surface area contributed by atoms with E-state index in [-0.39, 0.29) is 34.5 Å². The zero-order chi connectivity index (χ0) is 37.5. The molecule has 0 heterocycles. The molecule has 5 N–H and O–H groups in total. The van der Waals surface area contributed by atoms with Crippen molar-refractivity contribution in [1.29, 1.82) is 0 Å². The van der Waals surface area contributed by atoms with Gasteiger partial charge in [0.2, 0.25) is 12.3 Å². The highest BCUT2D eigenvalue weighted by molar-refractivity contribution is 5.97. The molecule has 14 heteroatoms. The number of carbonyl (C=O) groups is 4. The average Bonchev–Trinajstić information content (AvgIpc) is 3.73. The third-order valence-corrected chi connectivity index (χ3v) is 8.91. The lowest BCUT2D eigenvalue weighted by atomic mass is 9.97. The molecule has 6 rings (SSSR count). The maximum atomic E-state index is 14.3. The smallest absolute Gasteiger partial charge is 0.419 e. The largest absolute Gasteiger partial charge is 0.496 e. The quantitative estimate of drug-likeness (QED) is 0.103. The summed E-state index contributed by atoms with van der Waals surface area (Å²) in [5.41, 5.74) is 6.30. The number of carboxylic acid groups (broad SMARTS) is 1. The Hall–Kier alpha value is -5.27. The van der Waals surface area contributed by atoms with E-state index < -0.39 is 47.2 Å². The molecule has 1 atom stereocenters. The van der Waals surface area contributed by atoms with E-state index in [4.69, 9.17) is 10.5 Å². The molecule has 0 saturated heterocycles. The number of anilines is 1. The normalized spacial score (nSPS) is 17.9. The van der Waals surface area contributed by atoms with Crippen LogP contribution < -0.4 is 21.1 Å². The van der Waals surface area contributed by atoms with E-state index in [1.54, 1.807) is 0 Å². The van der Waals surface area contributed by atoms with Crippen molar-refractivity contribution in [2.24, 2.45) is 23.5 Å². The van der Waals surface area contributed by atoms with Crippen molar-refractivity contribution in [1.82, 2.24) is 5.32 Å². The first kappa shape index (κ1) is 38.5. The number of aliphatic carboxylic acids is 1. The predicted molar refractivity (Wildman–Crippen MR) is 178 cm³/mol. The van der Waals surface area contributed by atoms with Crippen LogP contribution in [0.4, 0.5) is 27.6 Å². The van der Waals surface area contributed by atoms with Crippen LogP contribution in [0.3, 0.4) is 0 Å². The molecular weight excluding hydrogens is 677 g/mol. The number of nitrogens with one attached hydrogen (secondary N) is 2. The van der Waals surface area contributed by atoms with Gasteiger partial charge in [0.1, 0.15) is 17.4 Å². The molecule has 3 fully saturated rings. The first-order valence-electron chi connectivity index (χ1n) is 16.2. The molecule has 1 unspecified atom stereocenters. The van der Waals surface area contributed by atoms with Gasteiger partial charge in [-0.05, 0) is 110 Å². The van der Waals surface area contributed by atoms with Crippen molar-refractivity contribution >= 4 is 29.9 Å². The molecule has 0 aromatic heterocycles. The number of ether oxygens (including phenoxy) is 1. The van der Waals surface area contributed by atoms with E-state index in [9.17, 15) is 46.2 Å². The molecule has 272 valence electrons. The van der Waals surface area contributed by atoms with Gasteiger partial charge in [-0.3, -0.25) is 14.4 Å². The fourth-order valence-electron chi connectivity index (χ4n) is 6.30. The van der Waals surface area contributed by atoms with Gasteiger partial charge in [0.25, 0.3) is 5.91 Å². The van der Waals surface area contributed by atoms with Crippen LogP contribution in [0.2, 0.25) is 0 Å². The lowest BCUT2D eigenvalue weighted by Crippen LogP contribution is -2.32. The number of hydrogen-bond donors (Lipinski definition) is 4. The van der Waals surface area contributed by atoms with E-state index >= 15 is 0 Å². The summed E-state index contributed by atoms with van der Waals surface area (Å²) in [6.07, 6.45) is 7.14. The van der Waals surface area contributed by atoms with Crippen LogP contribution in [-0.4, -0.2) is 36.4 Å². The molecular formula is C37H38F5N3O6. The van der Waals surface area contributed by atoms with Gasteiger partial charge in [0.05, 0.1) is 18.2 Å². The summed E-state index contributed by atoms with van der Waals surface area (Å²) in [6, 6.07) is 8.89. The fraction of sp³-hybridized carbons (Fsp3) is 0.351. The Morgan fingerprint density at radius 2 is 1.55 bits per heavy atom. The van der Waals surface area contributed by atoms with Crippen molar-refractivity contribution in [2.45, 2.75) is 57.7 Å². The summed E-state index contributed by atoms with van der Waals surface area (Å²) in [5, 5.41) is 13.6. The number of rotatable bonds is 9. The molecule has 0 radical (unpaired) electrons. The zero-order valence-electron chi connectivity index (χ0n) is 27.9. The summed E-state index contributed by atoms with van der Waals surface area (Å²) >= 11 is 0. The molecule has 3 saturated carbocycles. The fourth-order valence-corrected chi connectivity index (χ4v) is 6.30. The number of benzene rings is 3. The molecule has 3 aliphatic rings. The second-order valence-corrected chi connectivity index (χ2v) is 12.5. The van der Waals surface area contributed by atoms with E-state index in [0.717, 1.165) is 29.9 Å². The van der Waals surface area contributed by atoms with Gasteiger partial charge < -0.3 is 26.2 Å². The number of nitrogens with two attached hydrogens (primary N) is 1.